The molecule has 35 heavy (non-hydrogen) atoms. The van der Waals surface area contributed by atoms with Gasteiger partial charge in [-0.1, -0.05) is 80.8 Å². The average molecular weight is 512 g/mol. The van der Waals surface area contributed by atoms with Crippen molar-refractivity contribution in [1.29, 1.82) is 0 Å². The minimum absolute atomic E-state index is 0.0205. The summed E-state index contributed by atoms with van der Waals surface area (Å²) in [6.07, 6.45) is 3.45. The lowest BCUT2D eigenvalue weighted by atomic mass is 10.0. The predicted octanol–water partition coefficient (Wildman–Crippen LogP) is 6.44. The smallest absolute Gasteiger partial charge is 0.264 e. The van der Waals surface area contributed by atoms with Crippen LogP contribution >= 0.6 is 11.8 Å². The molecule has 3 rings (SSSR count). The fourth-order valence-corrected chi connectivity index (χ4v) is 5.72. The molecule has 186 valence electrons. The van der Waals surface area contributed by atoms with Gasteiger partial charge in [-0.3, -0.25) is 4.79 Å². The maximum atomic E-state index is 12.3. The minimum Gasteiger partial charge on any atom is -0.496 e. The molecule has 3 aromatic carbocycles. The molecule has 5 nitrogen and oxygen atoms in total. The van der Waals surface area contributed by atoms with Gasteiger partial charge in [-0.15, -0.1) is 0 Å². The second-order valence-corrected chi connectivity index (χ2v) is 11.2. The van der Waals surface area contributed by atoms with E-state index >= 15 is 0 Å². The predicted molar refractivity (Wildman–Crippen MR) is 145 cm³/mol. The Labute approximate surface area is 213 Å². The number of carbonyl (C=O) groups excluding carboxylic acids is 1. The highest BCUT2D eigenvalue weighted by atomic mass is 32.2. The summed E-state index contributed by atoms with van der Waals surface area (Å²) in [5, 5.41) is 0. The first-order valence-corrected chi connectivity index (χ1v) is 14.7. The van der Waals surface area contributed by atoms with Crippen LogP contribution in [-0.4, -0.2) is 27.2 Å². The molecule has 0 unspecified atom stereocenters. The summed E-state index contributed by atoms with van der Waals surface area (Å²) < 4.78 is 31.9. The van der Waals surface area contributed by atoms with Crippen molar-refractivity contribution in [3.63, 3.8) is 0 Å². The number of nitrogens with one attached hydrogen (secondary N) is 1. The van der Waals surface area contributed by atoms with Gasteiger partial charge >= 0.3 is 0 Å². The number of methoxy groups -OCH3 is 1. The first-order valence-electron chi connectivity index (χ1n) is 11.9. The van der Waals surface area contributed by atoms with E-state index in [2.05, 4.69) is 42.0 Å². The Bertz CT molecular complexity index is 1190. The van der Waals surface area contributed by atoms with E-state index in [4.69, 9.17) is 4.74 Å². The molecule has 0 bridgehead atoms. The third-order valence-electron chi connectivity index (χ3n) is 5.64. The third-order valence-corrected chi connectivity index (χ3v) is 8.04. The minimum atomic E-state index is -3.60. The van der Waals surface area contributed by atoms with Crippen LogP contribution in [0.5, 0.6) is 5.75 Å². The van der Waals surface area contributed by atoms with Gasteiger partial charge in [0, 0.05) is 22.6 Å². The van der Waals surface area contributed by atoms with Crippen molar-refractivity contribution < 1.29 is 17.9 Å². The lowest BCUT2D eigenvalue weighted by Crippen LogP contribution is -2.32. The Morgan fingerprint density at radius 3 is 2.11 bits per heavy atom. The maximum Gasteiger partial charge on any atom is 0.264 e. The monoisotopic (exact) mass is 511 g/mol. The van der Waals surface area contributed by atoms with E-state index in [1.54, 1.807) is 31.0 Å². The fraction of sp³-hybridized carbons (Fsp3) is 0.321. The van der Waals surface area contributed by atoms with E-state index in [0.29, 0.717) is 12.0 Å². The fourth-order valence-electron chi connectivity index (χ4n) is 3.67. The van der Waals surface area contributed by atoms with E-state index in [0.717, 1.165) is 53.2 Å². The van der Waals surface area contributed by atoms with Gasteiger partial charge in [0.1, 0.15) is 5.75 Å². The number of sulfonamides is 1. The Balaban J connectivity index is 1.47. The van der Waals surface area contributed by atoms with Crippen molar-refractivity contribution in [1.82, 2.24) is 4.72 Å². The molecular formula is C28H33NO4S2. The molecule has 1 N–H and O–H groups in total. The summed E-state index contributed by atoms with van der Waals surface area (Å²) in [7, 11) is -1.92. The van der Waals surface area contributed by atoms with Gasteiger partial charge in [0.2, 0.25) is 10.0 Å². The van der Waals surface area contributed by atoms with Crippen molar-refractivity contribution in [2.75, 3.05) is 12.9 Å². The third kappa shape index (κ3) is 8.44. The first-order chi connectivity index (χ1) is 16.9. The number of rotatable bonds is 13. The summed E-state index contributed by atoms with van der Waals surface area (Å²) in [6, 6.07) is 23.6. The lowest BCUT2D eigenvalue weighted by Gasteiger charge is -2.09. The van der Waals surface area contributed by atoms with Gasteiger partial charge in [-0.2, -0.15) is 11.8 Å². The number of thioether (sulfide) groups is 1. The molecule has 0 saturated heterocycles. The van der Waals surface area contributed by atoms with E-state index < -0.39 is 15.9 Å². The van der Waals surface area contributed by atoms with Crippen LogP contribution in [0.2, 0.25) is 0 Å². The van der Waals surface area contributed by atoms with Crippen LogP contribution < -0.4 is 9.46 Å². The van der Waals surface area contributed by atoms with Crippen molar-refractivity contribution in [2.24, 2.45) is 0 Å². The lowest BCUT2D eigenvalue weighted by molar-refractivity contribution is 0.0981. The quantitative estimate of drug-likeness (QED) is 0.268. The number of hydrogen-bond acceptors (Lipinski definition) is 5. The van der Waals surface area contributed by atoms with Gasteiger partial charge in [0.15, 0.2) is 0 Å². The zero-order valence-corrected chi connectivity index (χ0v) is 22.0. The van der Waals surface area contributed by atoms with Gasteiger partial charge in [-0.25, -0.2) is 13.1 Å². The zero-order chi connectivity index (χ0) is 25.1. The van der Waals surface area contributed by atoms with Crippen molar-refractivity contribution >= 4 is 27.7 Å². The molecule has 0 aliphatic heterocycles. The van der Waals surface area contributed by atoms with Crippen LogP contribution in [0.25, 0.3) is 11.1 Å². The number of amides is 1. The van der Waals surface area contributed by atoms with Crippen LogP contribution in [-0.2, 0) is 21.5 Å². The van der Waals surface area contributed by atoms with Crippen molar-refractivity contribution in [3.05, 3.63) is 89.5 Å². The molecule has 1 amide bonds. The molecule has 0 radical (unpaired) electrons. The zero-order valence-electron chi connectivity index (χ0n) is 20.3. The molecule has 0 atom stereocenters. The van der Waals surface area contributed by atoms with Gasteiger partial charge in [0.25, 0.3) is 5.91 Å². The Hall–Kier alpha value is -2.77. The van der Waals surface area contributed by atoms with Gasteiger partial charge in [0.05, 0.1) is 12.9 Å². The summed E-state index contributed by atoms with van der Waals surface area (Å²) in [5.74, 6) is 1.93. The van der Waals surface area contributed by atoms with Crippen LogP contribution in [0.1, 0.15) is 54.1 Å². The molecule has 0 saturated carbocycles. The van der Waals surface area contributed by atoms with E-state index in [1.165, 1.54) is 5.56 Å². The van der Waals surface area contributed by atoms with E-state index in [-0.39, 0.29) is 5.75 Å². The Kier molecular flexibility index (Phi) is 10.2. The molecule has 0 fully saturated rings. The highest BCUT2D eigenvalue weighted by Crippen LogP contribution is 2.30. The second-order valence-electron chi connectivity index (χ2n) is 8.40. The SMILES string of the molecule is CCCCCCS(=O)(=O)NC(=O)c1ccc(CSCc2ccc(-c3ccccc3OC)cc2)cc1. The molecular weight excluding hydrogens is 478 g/mol. The van der Waals surface area contributed by atoms with Gasteiger partial charge < -0.3 is 4.74 Å². The van der Waals surface area contributed by atoms with Crippen molar-refractivity contribution in [3.8, 4) is 16.9 Å². The van der Waals surface area contributed by atoms with E-state index in [1.807, 2.05) is 30.3 Å². The molecule has 3 aromatic rings. The molecule has 0 aliphatic rings. The normalized spacial score (nSPS) is 11.3. The molecule has 0 heterocycles. The maximum absolute atomic E-state index is 12.3. The summed E-state index contributed by atoms with van der Waals surface area (Å²) in [5.41, 5.74) is 4.85. The number of carbonyl (C=O) groups is 1. The highest BCUT2D eigenvalue weighted by molar-refractivity contribution is 7.97. The number of benzene rings is 3. The van der Waals surface area contributed by atoms with Crippen molar-refractivity contribution in [2.45, 2.75) is 44.1 Å². The molecule has 0 spiro atoms. The molecule has 7 heteroatoms. The average Bonchev–Trinajstić information content (AvgIpc) is 2.87. The first kappa shape index (κ1) is 26.8. The number of unbranched alkanes of at least 4 members (excludes halogenated alkanes) is 3. The Morgan fingerprint density at radius 1 is 0.857 bits per heavy atom. The van der Waals surface area contributed by atoms with Crippen LogP contribution in [0.4, 0.5) is 0 Å². The number of ether oxygens (including phenoxy) is 1. The number of para-hydroxylation sites is 1. The topological polar surface area (TPSA) is 72.5 Å². The highest BCUT2D eigenvalue weighted by Gasteiger charge is 2.15. The molecule has 0 aromatic heterocycles. The summed E-state index contributed by atoms with van der Waals surface area (Å²) >= 11 is 1.78. The van der Waals surface area contributed by atoms with Crippen LogP contribution in [0.3, 0.4) is 0 Å². The van der Waals surface area contributed by atoms with Gasteiger partial charge in [-0.05, 0) is 41.3 Å². The second kappa shape index (κ2) is 13.4. The number of hydrogen-bond donors (Lipinski definition) is 1. The van der Waals surface area contributed by atoms with E-state index in [9.17, 15) is 13.2 Å². The Morgan fingerprint density at radius 2 is 1.49 bits per heavy atom. The van der Waals surface area contributed by atoms with Crippen LogP contribution in [0, 0.1) is 0 Å². The molecule has 0 aliphatic carbocycles. The summed E-state index contributed by atoms with van der Waals surface area (Å²) in [6.45, 7) is 2.07. The van der Waals surface area contributed by atoms with Crippen LogP contribution in [0.15, 0.2) is 72.8 Å². The standard InChI is InChI=1S/C28H33NO4S2/c1-3-4-5-8-19-35(31,32)29-28(30)25-17-13-23(14-18-25)21-34-20-22-11-15-24(16-12-22)26-9-6-7-10-27(26)33-2/h6-7,9-18H,3-5,8,19-21H2,1-2H3,(H,29,30). The summed E-state index contributed by atoms with van der Waals surface area (Å²) in [4.78, 5) is 12.3. The largest absolute Gasteiger partial charge is 0.496 e.